The van der Waals surface area contributed by atoms with E-state index in [9.17, 15) is 18.0 Å². The van der Waals surface area contributed by atoms with Crippen LogP contribution in [0.5, 0.6) is 0 Å². The monoisotopic (exact) mass is 366 g/mol. The number of carbonyl (C=O) groups is 1. The van der Waals surface area contributed by atoms with Crippen molar-refractivity contribution in [1.82, 2.24) is 20.4 Å². The van der Waals surface area contributed by atoms with Gasteiger partial charge in [0.2, 0.25) is 5.91 Å². The topological polar surface area (TPSA) is 59.0 Å². The Hall–Kier alpha value is -2.35. The largest absolute Gasteiger partial charge is 0.391 e. The van der Waals surface area contributed by atoms with Crippen LogP contribution in [-0.2, 0) is 11.8 Å². The maximum Gasteiger partial charge on any atom is 0.391 e. The fourth-order valence-electron chi connectivity index (χ4n) is 3.38. The van der Waals surface area contributed by atoms with Gasteiger partial charge in [0.25, 0.3) is 0 Å². The number of carbonyl (C=O) groups excluding carboxylic acids is 1. The Labute approximate surface area is 149 Å². The summed E-state index contributed by atoms with van der Waals surface area (Å²) < 4.78 is 40.6. The first kappa shape index (κ1) is 18.4. The van der Waals surface area contributed by atoms with Gasteiger partial charge in [-0.3, -0.25) is 9.48 Å². The van der Waals surface area contributed by atoms with Crippen LogP contribution >= 0.6 is 0 Å². The zero-order valence-electron chi connectivity index (χ0n) is 14.3. The number of aromatic nitrogens is 2. The summed E-state index contributed by atoms with van der Waals surface area (Å²) in [6, 6.07) is 7.17. The van der Waals surface area contributed by atoms with Crippen molar-refractivity contribution in [3.63, 3.8) is 0 Å². The van der Waals surface area contributed by atoms with Crippen LogP contribution in [0.3, 0.4) is 0 Å². The Balaban J connectivity index is 1.76. The first-order valence-corrected chi connectivity index (χ1v) is 8.45. The zero-order valence-corrected chi connectivity index (χ0v) is 14.3. The van der Waals surface area contributed by atoms with Gasteiger partial charge < -0.3 is 10.6 Å². The van der Waals surface area contributed by atoms with E-state index in [4.69, 9.17) is 0 Å². The smallest absolute Gasteiger partial charge is 0.349 e. The van der Waals surface area contributed by atoms with E-state index in [1.54, 1.807) is 48.3 Å². The highest BCUT2D eigenvalue weighted by atomic mass is 19.4. The molecule has 1 aromatic carbocycles. The number of aryl methyl sites for hydroxylation is 1. The van der Waals surface area contributed by atoms with Crippen molar-refractivity contribution >= 4 is 5.91 Å². The molecule has 1 fully saturated rings. The normalized spacial score (nSPS) is 21.5. The summed E-state index contributed by atoms with van der Waals surface area (Å²) in [7, 11) is 1.79. The van der Waals surface area contributed by atoms with E-state index in [2.05, 4.69) is 15.7 Å². The average molecular weight is 366 g/mol. The van der Waals surface area contributed by atoms with E-state index in [-0.39, 0.29) is 11.8 Å². The van der Waals surface area contributed by atoms with Crippen molar-refractivity contribution in [3.05, 3.63) is 53.9 Å². The van der Waals surface area contributed by atoms with Gasteiger partial charge in [-0.1, -0.05) is 30.3 Å². The van der Waals surface area contributed by atoms with E-state index >= 15 is 0 Å². The van der Waals surface area contributed by atoms with Crippen molar-refractivity contribution in [2.45, 2.75) is 24.6 Å². The molecule has 3 rings (SSSR count). The molecule has 0 bridgehead atoms. The summed E-state index contributed by atoms with van der Waals surface area (Å²) in [5.74, 6) is -0.911. The van der Waals surface area contributed by atoms with Gasteiger partial charge >= 0.3 is 6.18 Å². The summed E-state index contributed by atoms with van der Waals surface area (Å²) in [6.45, 7) is 1.03. The van der Waals surface area contributed by atoms with Crippen LogP contribution in [-0.4, -0.2) is 35.0 Å². The van der Waals surface area contributed by atoms with Gasteiger partial charge in [-0.2, -0.15) is 18.3 Å². The Morgan fingerprint density at radius 2 is 2.08 bits per heavy atom. The summed E-state index contributed by atoms with van der Waals surface area (Å²) in [5.41, 5.74) is 1.35. The zero-order chi connectivity index (χ0) is 18.7. The van der Waals surface area contributed by atoms with Gasteiger partial charge in [0, 0.05) is 32.3 Å². The van der Waals surface area contributed by atoms with Crippen molar-refractivity contribution in [1.29, 1.82) is 0 Å². The molecule has 2 N–H and O–H groups in total. The molecule has 1 aliphatic heterocycles. The van der Waals surface area contributed by atoms with Crippen LogP contribution in [0.2, 0.25) is 0 Å². The number of amides is 1. The van der Waals surface area contributed by atoms with Gasteiger partial charge in [0.1, 0.15) is 0 Å². The van der Waals surface area contributed by atoms with Crippen LogP contribution in [0.4, 0.5) is 13.2 Å². The Kier molecular flexibility index (Phi) is 5.31. The highest BCUT2D eigenvalue weighted by Crippen LogP contribution is 2.32. The third-order valence-electron chi connectivity index (χ3n) is 4.66. The molecule has 8 heteroatoms. The van der Waals surface area contributed by atoms with E-state index in [0.717, 1.165) is 5.56 Å². The summed E-state index contributed by atoms with van der Waals surface area (Å²) >= 11 is 0. The highest BCUT2D eigenvalue weighted by molar-refractivity contribution is 5.81. The molecule has 1 saturated heterocycles. The molecule has 140 valence electrons. The predicted octanol–water partition coefficient (Wildman–Crippen LogP) is 2.53. The van der Waals surface area contributed by atoms with Crippen LogP contribution in [0.15, 0.2) is 42.7 Å². The number of nitrogens with zero attached hydrogens (tertiary/aromatic N) is 2. The first-order valence-electron chi connectivity index (χ1n) is 8.45. The van der Waals surface area contributed by atoms with Crippen molar-refractivity contribution < 1.29 is 18.0 Å². The molecule has 1 unspecified atom stereocenters. The van der Waals surface area contributed by atoms with E-state index < -0.39 is 24.6 Å². The Morgan fingerprint density at radius 1 is 1.35 bits per heavy atom. The maximum atomic E-state index is 13.0. The number of rotatable bonds is 5. The lowest BCUT2D eigenvalue weighted by atomic mass is 9.89. The first-order chi connectivity index (χ1) is 12.3. The van der Waals surface area contributed by atoms with Crippen molar-refractivity contribution in [2.24, 2.45) is 13.0 Å². The van der Waals surface area contributed by atoms with Gasteiger partial charge in [-0.15, -0.1) is 0 Å². The highest BCUT2D eigenvalue weighted by Gasteiger charge is 2.38. The lowest BCUT2D eigenvalue weighted by Gasteiger charge is -2.24. The molecule has 1 aromatic heterocycles. The van der Waals surface area contributed by atoms with Crippen LogP contribution in [0.1, 0.15) is 29.5 Å². The molecule has 1 aliphatic rings. The third kappa shape index (κ3) is 4.43. The average Bonchev–Trinajstić information content (AvgIpc) is 3.22. The fraction of sp³-hybridized carbons (Fsp3) is 0.444. The molecule has 1 amide bonds. The molecular formula is C18H21F3N4O. The van der Waals surface area contributed by atoms with Crippen LogP contribution in [0, 0.1) is 5.92 Å². The second-order valence-electron chi connectivity index (χ2n) is 6.61. The second-order valence-corrected chi connectivity index (χ2v) is 6.61. The predicted molar refractivity (Wildman–Crippen MR) is 90.3 cm³/mol. The molecule has 3 atom stereocenters. The van der Waals surface area contributed by atoms with E-state index in [0.29, 0.717) is 18.7 Å². The lowest BCUT2D eigenvalue weighted by Crippen LogP contribution is -2.38. The lowest BCUT2D eigenvalue weighted by molar-refractivity contribution is -0.143. The number of alkyl halides is 3. The number of benzene rings is 1. The molecule has 26 heavy (non-hydrogen) atoms. The van der Waals surface area contributed by atoms with Gasteiger partial charge in [0.05, 0.1) is 24.6 Å². The quantitative estimate of drug-likeness (QED) is 0.855. The standard InChI is InChI=1S/C18H21F3N4O/c1-25-11-13(8-23-25)14-9-22-10-15(14)17(26)24-16(7-18(19,20)21)12-5-3-2-4-6-12/h2-6,8,11,14-16,22H,7,9-10H2,1H3,(H,24,26)/t14-,15+,16?/m1/s1. The minimum Gasteiger partial charge on any atom is -0.349 e. The molecule has 2 aromatic rings. The SMILES string of the molecule is Cn1cc([C@H]2CNC[C@@H]2C(=O)NC(CC(F)(F)F)c2ccccc2)cn1. The minimum absolute atomic E-state index is 0.106. The van der Waals surface area contributed by atoms with Gasteiger partial charge in [-0.05, 0) is 11.1 Å². The maximum absolute atomic E-state index is 13.0. The van der Waals surface area contributed by atoms with Crippen molar-refractivity contribution in [2.75, 3.05) is 13.1 Å². The van der Waals surface area contributed by atoms with E-state index in [1.165, 1.54) is 0 Å². The Bertz CT molecular complexity index is 744. The molecule has 0 saturated carbocycles. The molecule has 5 nitrogen and oxygen atoms in total. The van der Waals surface area contributed by atoms with Gasteiger partial charge in [0.15, 0.2) is 0 Å². The number of hydrogen-bond donors (Lipinski definition) is 2. The fourth-order valence-corrected chi connectivity index (χ4v) is 3.38. The van der Waals surface area contributed by atoms with Gasteiger partial charge in [-0.25, -0.2) is 0 Å². The molecule has 2 heterocycles. The molecule has 0 spiro atoms. The third-order valence-corrected chi connectivity index (χ3v) is 4.66. The summed E-state index contributed by atoms with van der Waals surface area (Å²) in [6.07, 6.45) is -1.93. The second kappa shape index (κ2) is 7.49. The summed E-state index contributed by atoms with van der Waals surface area (Å²) in [5, 5.41) is 9.88. The number of hydrogen-bond acceptors (Lipinski definition) is 3. The minimum atomic E-state index is -4.37. The number of halogens is 3. The van der Waals surface area contributed by atoms with Crippen LogP contribution in [0.25, 0.3) is 0 Å². The molecule has 0 radical (unpaired) electrons. The molecular weight excluding hydrogens is 345 g/mol. The Morgan fingerprint density at radius 3 is 2.69 bits per heavy atom. The number of nitrogens with one attached hydrogen (secondary N) is 2. The van der Waals surface area contributed by atoms with Crippen LogP contribution < -0.4 is 10.6 Å². The van der Waals surface area contributed by atoms with Crippen molar-refractivity contribution in [3.8, 4) is 0 Å². The van der Waals surface area contributed by atoms with E-state index in [1.807, 2.05) is 6.20 Å². The molecule has 0 aliphatic carbocycles. The summed E-state index contributed by atoms with van der Waals surface area (Å²) in [4.78, 5) is 12.8.